The molecule has 0 aliphatic carbocycles. The third-order valence-corrected chi connectivity index (χ3v) is 6.63. The summed E-state index contributed by atoms with van der Waals surface area (Å²) in [4.78, 5) is 25.3. The van der Waals surface area contributed by atoms with E-state index in [4.69, 9.17) is 9.84 Å². The van der Waals surface area contributed by atoms with Gasteiger partial charge in [0.15, 0.2) is 0 Å². The van der Waals surface area contributed by atoms with Crippen LogP contribution in [0.3, 0.4) is 0 Å². The molecule has 4 heterocycles. The Kier molecular flexibility index (Phi) is 3.37. The van der Waals surface area contributed by atoms with Crippen molar-refractivity contribution in [1.29, 1.82) is 0 Å². The molecule has 6 rings (SSSR count). The highest BCUT2D eigenvalue weighted by atomic mass is 32.1. The van der Waals surface area contributed by atoms with E-state index >= 15 is 0 Å². The molecule has 3 aromatic rings. The van der Waals surface area contributed by atoms with E-state index in [0.29, 0.717) is 23.4 Å². The Hall–Kier alpha value is -3.72. The topological polar surface area (TPSA) is 97.1 Å². The van der Waals surface area contributed by atoms with Crippen molar-refractivity contribution in [2.75, 3.05) is 5.32 Å². The van der Waals surface area contributed by atoms with Gasteiger partial charge in [-0.15, -0.1) is 11.3 Å². The fourth-order valence-electron chi connectivity index (χ4n) is 4.38. The van der Waals surface area contributed by atoms with Crippen LogP contribution in [0.4, 0.5) is 11.4 Å². The number of nitrogens with zero attached hydrogens (tertiary/aromatic N) is 3. The lowest BCUT2D eigenvalue weighted by Gasteiger charge is -2.43. The molecule has 8 nitrogen and oxygen atoms in total. The lowest BCUT2D eigenvalue weighted by Crippen LogP contribution is -2.55. The van der Waals surface area contributed by atoms with Gasteiger partial charge in [-0.2, -0.15) is 5.10 Å². The fourth-order valence-corrected chi connectivity index (χ4v) is 5.10. The number of nitrogens with one attached hydrogen (secondary N) is 1. The van der Waals surface area contributed by atoms with Crippen LogP contribution in [0.2, 0.25) is 0 Å². The summed E-state index contributed by atoms with van der Waals surface area (Å²) in [7, 11) is 0. The standard InChI is InChI=1S/C21H14N4O4S/c26-20-21(14-10-12(25(27)28)7-8-15(14)22-20)24-17(13-4-1-2-5-18(13)29-21)11-16(23-24)19-6-3-9-30-19/h1-10,17H,11H2,(H,22,26)/t17-,21-/m1/s1. The summed E-state index contributed by atoms with van der Waals surface area (Å²) in [6, 6.07) is 15.6. The van der Waals surface area contributed by atoms with E-state index in [2.05, 4.69) is 5.32 Å². The van der Waals surface area contributed by atoms with Gasteiger partial charge in [-0.25, -0.2) is 5.01 Å². The van der Waals surface area contributed by atoms with Gasteiger partial charge >= 0.3 is 5.72 Å². The number of para-hydroxylation sites is 1. The minimum absolute atomic E-state index is 0.106. The van der Waals surface area contributed by atoms with E-state index in [0.717, 1.165) is 16.2 Å². The number of nitro groups is 1. The van der Waals surface area contributed by atoms with Crippen molar-refractivity contribution in [3.8, 4) is 5.75 Å². The van der Waals surface area contributed by atoms with Crippen molar-refractivity contribution in [3.63, 3.8) is 0 Å². The van der Waals surface area contributed by atoms with Gasteiger partial charge in [0.2, 0.25) is 0 Å². The molecule has 0 saturated carbocycles. The quantitative estimate of drug-likeness (QED) is 0.501. The molecular weight excluding hydrogens is 404 g/mol. The van der Waals surface area contributed by atoms with Gasteiger partial charge in [0.05, 0.1) is 32.8 Å². The second-order valence-corrected chi connectivity index (χ2v) is 8.26. The number of rotatable bonds is 2. The number of carbonyl (C=O) groups excluding carboxylic acids is 1. The first-order valence-corrected chi connectivity index (χ1v) is 10.2. The molecule has 0 saturated heterocycles. The number of ether oxygens (including phenoxy) is 1. The molecule has 0 fully saturated rings. The summed E-state index contributed by atoms with van der Waals surface area (Å²) in [6.45, 7) is 0. The summed E-state index contributed by atoms with van der Waals surface area (Å²) in [5, 5.41) is 22.7. The van der Waals surface area contributed by atoms with Crippen molar-refractivity contribution >= 4 is 34.3 Å². The number of nitro benzene ring substituents is 1. The minimum Gasteiger partial charge on any atom is -0.453 e. The number of hydrogen-bond acceptors (Lipinski definition) is 7. The number of non-ortho nitro benzene ring substituents is 1. The van der Waals surface area contributed by atoms with Crippen molar-refractivity contribution in [2.24, 2.45) is 5.10 Å². The zero-order chi connectivity index (χ0) is 20.5. The predicted octanol–water partition coefficient (Wildman–Crippen LogP) is 4.00. The number of amides is 1. The van der Waals surface area contributed by atoms with Gasteiger partial charge in [-0.3, -0.25) is 14.9 Å². The van der Waals surface area contributed by atoms with Crippen LogP contribution in [0, 0.1) is 10.1 Å². The highest BCUT2D eigenvalue weighted by Gasteiger charge is 2.61. The maximum absolute atomic E-state index is 13.3. The summed E-state index contributed by atoms with van der Waals surface area (Å²) in [5.41, 5.74) is 0.983. The summed E-state index contributed by atoms with van der Waals surface area (Å²) >= 11 is 1.58. The van der Waals surface area contributed by atoms with Gasteiger partial charge in [-0.05, 0) is 23.6 Å². The molecule has 9 heteroatoms. The van der Waals surface area contributed by atoms with Crippen LogP contribution in [0.25, 0.3) is 0 Å². The van der Waals surface area contributed by atoms with E-state index in [1.54, 1.807) is 22.4 Å². The van der Waals surface area contributed by atoms with E-state index < -0.39 is 16.6 Å². The second-order valence-electron chi connectivity index (χ2n) is 7.31. The SMILES string of the molecule is O=C1Nc2ccc([N+](=O)[O-])cc2[C@@]12Oc1ccccc1[C@H]1CC(c3cccs3)=NN12. The van der Waals surface area contributed by atoms with Gasteiger partial charge in [-0.1, -0.05) is 24.3 Å². The highest BCUT2D eigenvalue weighted by Crippen LogP contribution is 2.54. The smallest absolute Gasteiger partial charge is 0.306 e. The summed E-state index contributed by atoms with van der Waals surface area (Å²) < 4.78 is 6.32. The van der Waals surface area contributed by atoms with Gasteiger partial charge in [0.25, 0.3) is 11.6 Å². The molecule has 148 valence electrons. The molecule has 0 bridgehead atoms. The molecule has 2 atom stereocenters. The van der Waals surface area contributed by atoms with Crippen LogP contribution in [-0.2, 0) is 10.5 Å². The van der Waals surface area contributed by atoms with Gasteiger partial charge in [0, 0.05) is 24.1 Å². The summed E-state index contributed by atoms with van der Waals surface area (Å²) in [5.74, 6) is 0.171. The molecule has 1 spiro atoms. The van der Waals surface area contributed by atoms with Gasteiger partial charge in [0.1, 0.15) is 5.75 Å². The molecule has 1 aromatic heterocycles. The molecule has 0 unspecified atom stereocenters. The monoisotopic (exact) mass is 418 g/mol. The van der Waals surface area contributed by atoms with E-state index in [9.17, 15) is 14.9 Å². The van der Waals surface area contributed by atoms with Crippen molar-refractivity contribution in [1.82, 2.24) is 5.01 Å². The zero-order valence-corrected chi connectivity index (χ0v) is 16.3. The number of thiophene rings is 1. The molecular formula is C21H14N4O4S. The van der Waals surface area contributed by atoms with Crippen molar-refractivity contribution < 1.29 is 14.5 Å². The third kappa shape index (κ3) is 2.15. The van der Waals surface area contributed by atoms with E-state index in [-0.39, 0.29) is 11.7 Å². The summed E-state index contributed by atoms with van der Waals surface area (Å²) in [6.07, 6.45) is 0.611. The third-order valence-electron chi connectivity index (χ3n) is 5.71. The van der Waals surface area contributed by atoms with Crippen molar-refractivity contribution in [3.05, 3.63) is 86.1 Å². The normalized spacial score (nSPS) is 23.3. The number of benzene rings is 2. The number of carbonyl (C=O) groups is 1. The average Bonchev–Trinajstić information content (AvgIpc) is 3.47. The zero-order valence-electron chi connectivity index (χ0n) is 15.4. The molecule has 1 amide bonds. The average molecular weight is 418 g/mol. The molecule has 1 N–H and O–H groups in total. The van der Waals surface area contributed by atoms with E-state index in [1.807, 2.05) is 41.8 Å². The van der Waals surface area contributed by atoms with Crippen LogP contribution in [-0.4, -0.2) is 21.6 Å². The lowest BCUT2D eigenvalue weighted by molar-refractivity contribution is -0.385. The number of hydrogen-bond donors (Lipinski definition) is 1. The first-order chi connectivity index (χ1) is 14.6. The van der Waals surface area contributed by atoms with Crippen LogP contribution < -0.4 is 10.1 Å². The number of anilines is 1. The fraction of sp³-hybridized carbons (Fsp3) is 0.143. The Bertz CT molecular complexity index is 1260. The first kappa shape index (κ1) is 17.2. The molecule has 3 aliphatic rings. The minimum atomic E-state index is -1.60. The molecule has 2 aromatic carbocycles. The highest BCUT2D eigenvalue weighted by molar-refractivity contribution is 7.12. The Morgan fingerprint density at radius 1 is 1.23 bits per heavy atom. The molecule has 30 heavy (non-hydrogen) atoms. The van der Waals surface area contributed by atoms with Crippen LogP contribution >= 0.6 is 11.3 Å². The Balaban J connectivity index is 1.60. The molecule has 0 radical (unpaired) electrons. The number of fused-ring (bicyclic) bond motifs is 6. The predicted molar refractivity (Wildman–Crippen MR) is 111 cm³/mol. The number of hydrazone groups is 1. The Morgan fingerprint density at radius 3 is 2.90 bits per heavy atom. The van der Waals surface area contributed by atoms with Crippen molar-refractivity contribution in [2.45, 2.75) is 18.2 Å². The molecule has 3 aliphatic heterocycles. The van der Waals surface area contributed by atoms with E-state index in [1.165, 1.54) is 12.1 Å². The largest absolute Gasteiger partial charge is 0.453 e. The first-order valence-electron chi connectivity index (χ1n) is 9.37. The van der Waals surface area contributed by atoms with Crippen LogP contribution in [0.1, 0.15) is 28.5 Å². The maximum Gasteiger partial charge on any atom is 0.306 e. The van der Waals surface area contributed by atoms with Crippen LogP contribution in [0.5, 0.6) is 5.75 Å². The van der Waals surface area contributed by atoms with Crippen LogP contribution in [0.15, 0.2) is 65.1 Å². The lowest BCUT2D eigenvalue weighted by atomic mass is 9.93. The Morgan fingerprint density at radius 2 is 2.10 bits per heavy atom. The second kappa shape index (κ2) is 5.90. The maximum atomic E-state index is 13.3. The van der Waals surface area contributed by atoms with Gasteiger partial charge < -0.3 is 10.1 Å². The Labute approximate surface area is 174 Å².